The lowest BCUT2D eigenvalue weighted by atomic mass is 9.98. The van der Waals surface area contributed by atoms with Crippen LogP contribution < -0.4 is 14.7 Å². The van der Waals surface area contributed by atoms with Crippen molar-refractivity contribution in [1.82, 2.24) is 0 Å². The van der Waals surface area contributed by atoms with Gasteiger partial charge in [-0.25, -0.2) is 0 Å². The number of nitrogens with zero attached hydrogens (tertiary/aromatic N) is 3. The molecular formula is C66H49N3O. The second kappa shape index (κ2) is 18.2. The Morgan fingerprint density at radius 2 is 0.686 bits per heavy atom. The normalized spacial score (nSPS) is 11.3. The number of para-hydroxylation sites is 3. The van der Waals surface area contributed by atoms with Gasteiger partial charge in [0, 0.05) is 44.9 Å². The topological polar surface area (TPSA) is 22.9 Å². The van der Waals surface area contributed by atoms with Crippen LogP contribution in [0.3, 0.4) is 0 Å². The van der Waals surface area contributed by atoms with Crippen molar-refractivity contribution in [2.24, 2.45) is 0 Å². The fourth-order valence-corrected chi connectivity index (χ4v) is 9.97. The number of rotatable bonds is 11. The first-order valence-electron chi connectivity index (χ1n) is 23.9. The Hall–Kier alpha value is -9.12. The Morgan fingerprint density at radius 3 is 1.27 bits per heavy atom. The second-order valence-electron chi connectivity index (χ2n) is 18.0. The van der Waals surface area contributed by atoms with Crippen molar-refractivity contribution >= 4 is 83.9 Å². The van der Waals surface area contributed by atoms with Crippen LogP contribution in [0.1, 0.15) is 11.1 Å². The van der Waals surface area contributed by atoms with E-state index < -0.39 is 0 Å². The zero-order chi connectivity index (χ0) is 47.0. The lowest BCUT2D eigenvalue weighted by molar-refractivity contribution is 0.669. The standard InChI is InChI=1S/C66H49N3O/c1-46-16-13-24-56(40-46)68(52-20-5-3-6-21-52)59-43-58(44-60(45-59)69(53-22-7-4-8-23-53)57-25-14-17-47(2)41-57)67(55-37-32-50(33-38-55)62-28-15-19-49-18-9-10-26-61(49)62)54-35-30-48(31-36-54)51-34-39-66-64(42-51)63-27-11-12-29-65(63)70-66/h3-45H,1-2H3. The first-order chi connectivity index (χ1) is 34.5. The fourth-order valence-electron chi connectivity index (χ4n) is 9.97. The van der Waals surface area contributed by atoms with Gasteiger partial charge in [0.25, 0.3) is 0 Å². The molecule has 0 bridgehead atoms. The van der Waals surface area contributed by atoms with E-state index in [0.29, 0.717) is 0 Å². The first-order valence-corrected chi connectivity index (χ1v) is 23.9. The van der Waals surface area contributed by atoms with Crippen LogP contribution in [-0.2, 0) is 0 Å². The van der Waals surface area contributed by atoms with Crippen molar-refractivity contribution in [3.8, 4) is 22.3 Å². The van der Waals surface area contributed by atoms with Gasteiger partial charge in [-0.05, 0) is 167 Å². The van der Waals surface area contributed by atoms with Crippen LogP contribution in [0.15, 0.2) is 265 Å². The quantitative estimate of drug-likeness (QED) is 0.129. The van der Waals surface area contributed by atoms with E-state index in [0.717, 1.165) is 89.8 Å². The summed E-state index contributed by atoms with van der Waals surface area (Å²) in [7, 11) is 0. The predicted octanol–water partition coefficient (Wildman–Crippen LogP) is 19.1. The van der Waals surface area contributed by atoms with Crippen molar-refractivity contribution < 1.29 is 4.42 Å². The molecule has 0 aliphatic heterocycles. The highest BCUT2D eigenvalue weighted by Crippen LogP contribution is 2.47. The molecule has 0 saturated heterocycles. The molecule has 0 radical (unpaired) electrons. The second-order valence-corrected chi connectivity index (χ2v) is 18.0. The largest absolute Gasteiger partial charge is 0.456 e. The molecule has 334 valence electrons. The van der Waals surface area contributed by atoms with E-state index in [4.69, 9.17) is 4.42 Å². The Labute approximate surface area is 409 Å². The molecule has 0 fully saturated rings. The van der Waals surface area contributed by atoms with E-state index in [1.165, 1.54) is 27.5 Å². The Kier molecular flexibility index (Phi) is 11.0. The molecule has 0 atom stereocenters. The molecule has 0 aliphatic carbocycles. The zero-order valence-corrected chi connectivity index (χ0v) is 39.1. The summed E-state index contributed by atoms with van der Waals surface area (Å²) < 4.78 is 6.21. The van der Waals surface area contributed by atoms with Gasteiger partial charge in [-0.1, -0.05) is 152 Å². The predicted molar refractivity (Wildman–Crippen MR) is 296 cm³/mol. The molecule has 0 unspecified atom stereocenters. The molecule has 0 aliphatic rings. The Bertz CT molecular complexity index is 3690. The maximum absolute atomic E-state index is 6.21. The minimum Gasteiger partial charge on any atom is -0.456 e. The highest BCUT2D eigenvalue weighted by Gasteiger charge is 2.23. The summed E-state index contributed by atoms with van der Waals surface area (Å²) in [5.74, 6) is 0. The van der Waals surface area contributed by atoms with Crippen LogP contribution in [0, 0.1) is 13.8 Å². The smallest absolute Gasteiger partial charge is 0.135 e. The Morgan fingerprint density at radius 1 is 0.257 bits per heavy atom. The number of hydrogen-bond donors (Lipinski definition) is 0. The molecule has 0 saturated carbocycles. The van der Waals surface area contributed by atoms with Gasteiger partial charge in [-0.15, -0.1) is 0 Å². The average Bonchev–Trinajstić information content (AvgIpc) is 3.78. The van der Waals surface area contributed by atoms with Gasteiger partial charge in [0.2, 0.25) is 0 Å². The van der Waals surface area contributed by atoms with Crippen LogP contribution in [0.4, 0.5) is 51.2 Å². The van der Waals surface area contributed by atoms with E-state index >= 15 is 0 Å². The molecular weight excluding hydrogens is 851 g/mol. The third kappa shape index (κ3) is 8.12. The van der Waals surface area contributed by atoms with Gasteiger partial charge >= 0.3 is 0 Å². The van der Waals surface area contributed by atoms with E-state index in [1.54, 1.807) is 0 Å². The van der Waals surface area contributed by atoms with Crippen molar-refractivity contribution in [3.63, 3.8) is 0 Å². The van der Waals surface area contributed by atoms with Crippen molar-refractivity contribution in [2.75, 3.05) is 14.7 Å². The summed E-state index contributed by atoms with van der Waals surface area (Å²) in [6.45, 7) is 4.32. The minimum absolute atomic E-state index is 0.890. The van der Waals surface area contributed by atoms with Crippen LogP contribution in [0.2, 0.25) is 0 Å². The third-order valence-corrected chi connectivity index (χ3v) is 13.3. The fraction of sp³-hybridized carbons (Fsp3) is 0.0303. The van der Waals surface area contributed by atoms with Gasteiger partial charge < -0.3 is 19.1 Å². The summed E-state index contributed by atoms with van der Waals surface area (Å²) in [5.41, 5.74) is 18.2. The maximum atomic E-state index is 6.21. The van der Waals surface area contributed by atoms with Crippen LogP contribution in [-0.4, -0.2) is 0 Å². The van der Waals surface area contributed by atoms with Crippen LogP contribution >= 0.6 is 0 Å². The lowest BCUT2D eigenvalue weighted by Gasteiger charge is -2.33. The number of aryl methyl sites for hydroxylation is 2. The molecule has 0 spiro atoms. The van der Waals surface area contributed by atoms with Gasteiger partial charge in [0.05, 0.1) is 17.1 Å². The molecule has 0 amide bonds. The van der Waals surface area contributed by atoms with Gasteiger partial charge in [0.15, 0.2) is 0 Å². The zero-order valence-electron chi connectivity index (χ0n) is 39.1. The molecule has 12 rings (SSSR count). The van der Waals surface area contributed by atoms with E-state index in [-0.39, 0.29) is 0 Å². The van der Waals surface area contributed by atoms with Crippen molar-refractivity contribution in [1.29, 1.82) is 0 Å². The maximum Gasteiger partial charge on any atom is 0.135 e. The summed E-state index contributed by atoms with van der Waals surface area (Å²) in [5, 5.41) is 4.69. The number of anilines is 9. The van der Waals surface area contributed by atoms with Crippen molar-refractivity contribution in [3.05, 3.63) is 272 Å². The van der Waals surface area contributed by atoms with Crippen molar-refractivity contribution in [2.45, 2.75) is 13.8 Å². The summed E-state index contributed by atoms with van der Waals surface area (Å²) in [4.78, 5) is 7.15. The van der Waals surface area contributed by atoms with E-state index in [9.17, 15) is 0 Å². The number of hydrogen-bond acceptors (Lipinski definition) is 4. The van der Waals surface area contributed by atoms with Gasteiger partial charge in [-0.2, -0.15) is 0 Å². The third-order valence-electron chi connectivity index (χ3n) is 13.3. The van der Waals surface area contributed by atoms with E-state index in [2.05, 4.69) is 277 Å². The molecule has 12 aromatic rings. The van der Waals surface area contributed by atoms with Gasteiger partial charge in [-0.3, -0.25) is 0 Å². The number of fused-ring (bicyclic) bond motifs is 4. The molecule has 1 heterocycles. The lowest BCUT2D eigenvalue weighted by Crippen LogP contribution is -2.16. The monoisotopic (exact) mass is 899 g/mol. The average molecular weight is 900 g/mol. The molecule has 1 aromatic heterocycles. The highest BCUT2D eigenvalue weighted by atomic mass is 16.3. The number of furan rings is 1. The Balaban J connectivity index is 1.08. The summed E-state index contributed by atoms with van der Waals surface area (Å²) in [6, 6.07) is 93.9. The molecule has 11 aromatic carbocycles. The van der Waals surface area contributed by atoms with Gasteiger partial charge in [0.1, 0.15) is 11.2 Å². The number of benzene rings is 11. The van der Waals surface area contributed by atoms with Crippen LogP contribution in [0.25, 0.3) is 55.0 Å². The molecule has 4 heteroatoms. The SMILES string of the molecule is Cc1cccc(N(c2ccccc2)c2cc(N(c3ccc(-c4ccc5oc6ccccc6c5c4)cc3)c3ccc(-c4cccc5ccccc45)cc3)cc(N(c3ccccc3)c3cccc(C)c3)c2)c1. The first kappa shape index (κ1) is 42.2. The highest BCUT2D eigenvalue weighted by molar-refractivity contribution is 6.06. The molecule has 70 heavy (non-hydrogen) atoms. The molecule has 0 N–H and O–H groups in total. The van der Waals surface area contributed by atoms with E-state index in [1.807, 2.05) is 12.1 Å². The minimum atomic E-state index is 0.890. The molecule has 4 nitrogen and oxygen atoms in total. The van der Waals surface area contributed by atoms with Crippen LogP contribution in [0.5, 0.6) is 0 Å². The summed E-state index contributed by atoms with van der Waals surface area (Å²) >= 11 is 0. The summed E-state index contributed by atoms with van der Waals surface area (Å²) in [6.07, 6.45) is 0.